The third-order valence-electron chi connectivity index (χ3n) is 6.29. The van der Waals surface area contributed by atoms with Gasteiger partial charge in [0.25, 0.3) is 10.0 Å². The monoisotopic (exact) mass is 625 g/mol. The van der Waals surface area contributed by atoms with Crippen LogP contribution in [0.2, 0.25) is 0 Å². The minimum absolute atomic E-state index is 0.0294. The Balaban J connectivity index is 1.52. The minimum Gasteiger partial charge on any atom is -0.494 e. The number of ether oxygens (including phenoxy) is 1. The van der Waals surface area contributed by atoms with E-state index in [1.165, 1.54) is 23.1 Å². The fraction of sp³-hybridized carbons (Fsp3) is 0.296. The van der Waals surface area contributed by atoms with Crippen LogP contribution in [0.3, 0.4) is 0 Å². The number of amides is 1. The van der Waals surface area contributed by atoms with Gasteiger partial charge in [0.15, 0.2) is 0 Å². The van der Waals surface area contributed by atoms with Gasteiger partial charge in [-0.1, -0.05) is 22.0 Å². The van der Waals surface area contributed by atoms with Gasteiger partial charge in [-0.2, -0.15) is 13.2 Å². The molecule has 1 heterocycles. The molecule has 0 atom stereocenters. The van der Waals surface area contributed by atoms with Gasteiger partial charge >= 0.3 is 6.18 Å². The van der Waals surface area contributed by atoms with E-state index in [1.54, 1.807) is 47.4 Å². The summed E-state index contributed by atoms with van der Waals surface area (Å²) in [6, 6.07) is 17.7. The standard InChI is InChI=1S/C27H27BrF3N3O4S/c1-2-38-24-10-8-22(9-11-24)34(39(36,37)25-12-6-21(28)7-13-25)19-26(35)33-16-14-32(15-17-33)23-5-3-4-20(18-23)27(29,30)31/h3-13,18H,2,14-17,19H2,1H3. The lowest BCUT2D eigenvalue weighted by Gasteiger charge is -2.37. The predicted molar refractivity (Wildman–Crippen MR) is 147 cm³/mol. The van der Waals surface area contributed by atoms with E-state index in [2.05, 4.69) is 15.9 Å². The summed E-state index contributed by atoms with van der Waals surface area (Å²) in [5.41, 5.74) is -0.00858. The average Bonchev–Trinajstić information content (AvgIpc) is 2.92. The van der Waals surface area contributed by atoms with Crippen LogP contribution in [0.15, 0.2) is 82.2 Å². The van der Waals surface area contributed by atoms with E-state index in [0.717, 1.165) is 16.4 Å². The summed E-state index contributed by atoms with van der Waals surface area (Å²) in [7, 11) is -4.10. The van der Waals surface area contributed by atoms with Crippen molar-refractivity contribution in [1.82, 2.24) is 4.90 Å². The number of hydrogen-bond donors (Lipinski definition) is 0. The van der Waals surface area contributed by atoms with Crippen molar-refractivity contribution in [2.75, 3.05) is 48.5 Å². The maximum Gasteiger partial charge on any atom is 0.416 e. The second-order valence-electron chi connectivity index (χ2n) is 8.81. The van der Waals surface area contributed by atoms with Crippen molar-refractivity contribution >= 4 is 43.2 Å². The number of anilines is 2. The van der Waals surface area contributed by atoms with E-state index in [9.17, 15) is 26.4 Å². The van der Waals surface area contributed by atoms with E-state index >= 15 is 0 Å². The summed E-state index contributed by atoms with van der Waals surface area (Å²) in [6.07, 6.45) is -4.45. The van der Waals surface area contributed by atoms with Gasteiger partial charge in [0.2, 0.25) is 5.91 Å². The van der Waals surface area contributed by atoms with Crippen LogP contribution in [0.25, 0.3) is 0 Å². The van der Waals surface area contributed by atoms with Crippen LogP contribution in [0.4, 0.5) is 24.5 Å². The third-order valence-corrected chi connectivity index (χ3v) is 8.60. The first-order chi connectivity index (χ1) is 18.5. The van der Waals surface area contributed by atoms with Crippen LogP contribution in [0.1, 0.15) is 12.5 Å². The molecule has 3 aromatic carbocycles. The van der Waals surface area contributed by atoms with E-state index in [4.69, 9.17) is 4.74 Å². The number of benzene rings is 3. The van der Waals surface area contributed by atoms with Crippen LogP contribution >= 0.6 is 15.9 Å². The Hall–Kier alpha value is -3.25. The predicted octanol–water partition coefficient (Wildman–Crippen LogP) is 5.41. The second-order valence-corrected chi connectivity index (χ2v) is 11.6. The molecule has 1 aliphatic rings. The maximum absolute atomic E-state index is 13.6. The minimum atomic E-state index is -4.45. The van der Waals surface area contributed by atoms with Gasteiger partial charge in [0.05, 0.1) is 22.8 Å². The number of piperazine rings is 1. The number of carbonyl (C=O) groups is 1. The summed E-state index contributed by atoms with van der Waals surface area (Å²) in [4.78, 5) is 16.7. The maximum atomic E-state index is 13.6. The number of rotatable bonds is 8. The van der Waals surface area contributed by atoms with Gasteiger partial charge in [-0.05, 0) is 73.7 Å². The van der Waals surface area contributed by atoms with Crippen LogP contribution < -0.4 is 13.9 Å². The van der Waals surface area contributed by atoms with Crippen molar-refractivity contribution in [2.24, 2.45) is 0 Å². The van der Waals surface area contributed by atoms with E-state index in [0.29, 0.717) is 41.3 Å². The van der Waals surface area contributed by atoms with Crippen molar-refractivity contribution in [3.05, 3.63) is 82.8 Å². The molecule has 3 aromatic rings. The summed E-state index contributed by atoms with van der Waals surface area (Å²) in [6.45, 7) is 2.96. The number of hydrogen-bond acceptors (Lipinski definition) is 5. The molecule has 0 unspecified atom stereocenters. The number of halogens is 4. The summed E-state index contributed by atoms with van der Waals surface area (Å²) < 4.78 is 73.9. The van der Waals surface area contributed by atoms with Crippen LogP contribution in [-0.4, -0.2) is 58.6 Å². The van der Waals surface area contributed by atoms with Crippen molar-refractivity contribution < 1.29 is 31.1 Å². The van der Waals surface area contributed by atoms with Gasteiger partial charge in [-0.3, -0.25) is 9.10 Å². The molecule has 0 N–H and O–H groups in total. The van der Waals surface area contributed by atoms with Crippen LogP contribution in [0, 0.1) is 0 Å². The molecule has 0 aromatic heterocycles. The lowest BCUT2D eigenvalue weighted by molar-refractivity contribution is -0.137. The highest BCUT2D eigenvalue weighted by Gasteiger charge is 2.32. The highest BCUT2D eigenvalue weighted by molar-refractivity contribution is 9.10. The van der Waals surface area contributed by atoms with Gasteiger partial charge in [0, 0.05) is 36.3 Å². The quantitative estimate of drug-likeness (QED) is 0.335. The molecule has 7 nitrogen and oxygen atoms in total. The third kappa shape index (κ3) is 6.85. The van der Waals surface area contributed by atoms with Gasteiger partial charge in [0.1, 0.15) is 12.3 Å². The highest BCUT2D eigenvalue weighted by Crippen LogP contribution is 2.32. The van der Waals surface area contributed by atoms with Crippen molar-refractivity contribution in [1.29, 1.82) is 0 Å². The summed E-state index contributed by atoms with van der Waals surface area (Å²) in [5.74, 6) is 0.160. The molecule has 1 aliphatic heterocycles. The fourth-order valence-corrected chi connectivity index (χ4v) is 5.92. The zero-order chi connectivity index (χ0) is 28.2. The van der Waals surface area contributed by atoms with Crippen LogP contribution in [0.5, 0.6) is 5.75 Å². The van der Waals surface area contributed by atoms with Crippen molar-refractivity contribution in [2.45, 2.75) is 18.0 Å². The highest BCUT2D eigenvalue weighted by atomic mass is 79.9. The smallest absolute Gasteiger partial charge is 0.416 e. The average molecular weight is 626 g/mol. The molecule has 0 spiro atoms. The molecule has 1 saturated heterocycles. The fourth-order valence-electron chi connectivity index (χ4n) is 4.24. The summed E-state index contributed by atoms with van der Waals surface area (Å²) >= 11 is 3.30. The lowest BCUT2D eigenvalue weighted by Crippen LogP contribution is -2.52. The molecule has 1 fully saturated rings. The largest absolute Gasteiger partial charge is 0.494 e. The molecule has 0 saturated carbocycles. The van der Waals surface area contributed by atoms with E-state index in [1.807, 2.05) is 6.92 Å². The number of sulfonamides is 1. The number of carbonyl (C=O) groups excluding carboxylic acids is 1. The second kappa shape index (κ2) is 11.9. The lowest BCUT2D eigenvalue weighted by atomic mass is 10.1. The summed E-state index contributed by atoms with van der Waals surface area (Å²) in [5, 5.41) is 0. The molecule has 0 radical (unpaired) electrons. The molecule has 12 heteroatoms. The topological polar surface area (TPSA) is 70.2 Å². The molecule has 208 valence electrons. The first kappa shape index (κ1) is 28.8. The molecule has 4 rings (SSSR count). The molecule has 1 amide bonds. The Labute approximate surface area is 234 Å². The molecule has 0 aliphatic carbocycles. The Morgan fingerprint density at radius 1 is 0.974 bits per heavy atom. The van der Waals surface area contributed by atoms with Crippen LogP contribution in [-0.2, 0) is 21.0 Å². The molecular weight excluding hydrogens is 599 g/mol. The molecule has 39 heavy (non-hydrogen) atoms. The number of alkyl halides is 3. The normalized spacial score (nSPS) is 14.3. The molecule has 0 bridgehead atoms. The molecular formula is C27H27BrF3N3O4S. The van der Waals surface area contributed by atoms with E-state index < -0.39 is 34.2 Å². The van der Waals surface area contributed by atoms with Gasteiger partial charge in [-0.25, -0.2) is 8.42 Å². The zero-order valence-electron chi connectivity index (χ0n) is 21.1. The Morgan fingerprint density at radius 3 is 2.21 bits per heavy atom. The Kier molecular flexibility index (Phi) is 8.75. The first-order valence-electron chi connectivity index (χ1n) is 12.2. The Bertz CT molecular complexity index is 1390. The van der Waals surface area contributed by atoms with Crippen molar-refractivity contribution in [3.8, 4) is 5.75 Å². The first-order valence-corrected chi connectivity index (χ1v) is 14.4. The van der Waals surface area contributed by atoms with Gasteiger partial charge < -0.3 is 14.5 Å². The van der Waals surface area contributed by atoms with E-state index in [-0.39, 0.29) is 18.0 Å². The SMILES string of the molecule is CCOc1ccc(N(CC(=O)N2CCN(c3cccc(C(F)(F)F)c3)CC2)S(=O)(=O)c2ccc(Br)cc2)cc1. The zero-order valence-corrected chi connectivity index (χ0v) is 23.5. The Morgan fingerprint density at radius 2 is 1.62 bits per heavy atom. The number of nitrogens with zero attached hydrogens (tertiary/aromatic N) is 3. The van der Waals surface area contributed by atoms with Gasteiger partial charge in [-0.15, -0.1) is 0 Å². The van der Waals surface area contributed by atoms with Crippen molar-refractivity contribution in [3.63, 3.8) is 0 Å².